The largest absolute Gasteiger partial charge is 0.478 e. The number of carbonyl (C=O) groups is 3. The second-order valence-electron chi connectivity index (χ2n) is 8.18. The molecule has 188 valence electrons. The summed E-state index contributed by atoms with van der Waals surface area (Å²) >= 11 is 0. The Morgan fingerprint density at radius 1 is 0.943 bits per heavy atom. The predicted octanol–water partition coefficient (Wildman–Crippen LogP) is 5.28. The molecule has 0 aliphatic rings. The lowest BCUT2D eigenvalue weighted by molar-refractivity contribution is -0.159. The van der Waals surface area contributed by atoms with Gasteiger partial charge in [-0.3, -0.25) is 5.01 Å². The van der Waals surface area contributed by atoms with Crippen molar-refractivity contribution < 1.29 is 34.1 Å². The summed E-state index contributed by atoms with van der Waals surface area (Å²) in [7, 11) is 0. The molecule has 9 heteroatoms. The smallest absolute Gasteiger partial charge is 0.336 e. The highest BCUT2D eigenvalue weighted by Gasteiger charge is 2.18. The van der Waals surface area contributed by atoms with Gasteiger partial charge in [-0.15, -0.1) is 0 Å². The van der Waals surface area contributed by atoms with Crippen molar-refractivity contribution in [3.8, 4) is 5.75 Å². The van der Waals surface area contributed by atoms with E-state index in [1.54, 1.807) is 31.2 Å². The van der Waals surface area contributed by atoms with Crippen LogP contribution in [0.1, 0.15) is 73.1 Å². The molecule has 0 aliphatic heterocycles. The minimum Gasteiger partial charge on any atom is -0.478 e. The first-order chi connectivity index (χ1) is 16.6. The van der Waals surface area contributed by atoms with Crippen LogP contribution >= 0.6 is 0 Å². The molecular formula is C26H32N2O7. The summed E-state index contributed by atoms with van der Waals surface area (Å²) in [4.78, 5) is 34.8. The molecule has 0 heterocycles. The van der Waals surface area contributed by atoms with Crippen LogP contribution in [-0.4, -0.2) is 34.4 Å². The molecule has 35 heavy (non-hydrogen) atoms. The van der Waals surface area contributed by atoms with Crippen LogP contribution in [0.3, 0.4) is 0 Å². The zero-order chi connectivity index (χ0) is 26.0. The molecule has 0 radical (unpaired) electrons. The van der Waals surface area contributed by atoms with Gasteiger partial charge in [0.05, 0.1) is 22.5 Å². The average molecular weight is 485 g/mol. The van der Waals surface area contributed by atoms with Crippen LogP contribution in [0.2, 0.25) is 0 Å². The molecule has 1 atom stereocenters. The van der Waals surface area contributed by atoms with E-state index in [9.17, 15) is 24.6 Å². The van der Waals surface area contributed by atoms with Gasteiger partial charge in [0.2, 0.25) is 6.29 Å². The summed E-state index contributed by atoms with van der Waals surface area (Å²) in [5.74, 6) is 3.52. The first-order valence-corrected chi connectivity index (χ1v) is 11.4. The number of benzene rings is 2. The van der Waals surface area contributed by atoms with Crippen molar-refractivity contribution in [1.29, 1.82) is 0 Å². The molecule has 2 aromatic rings. The van der Waals surface area contributed by atoms with Crippen LogP contribution in [0.25, 0.3) is 0 Å². The maximum Gasteiger partial charge on any atom is 0.336 e. The Labute approximate surface area is 204 Å². The number of carboxylic acids is 2. The zero-order valence-corrected chi connectivity index (χ0v) is 20.0. The van der Waals surface area contributed by atoms with Crippen LogP contribution in [0.4, 0.5) is 11.4 Å². The van der Waals surface area contributed by atoms with Crippen molar-refractivity contribution in [2.45, 2.75) is 58.7 Å². The zero-order valence-electron chi connectivity index (χ0n) is 20.0. The fourth-order valence-electron chi connectivity index (χ4n) is 3.26. The van der Waals surface area contributed by atoms with Gasteiger partial charge >= 0.3 is 17.9 Å². The molecule has 1 unspecified atom stereocenters. The average Bonchev–Trinajstić information content (AvgIpc) is 2.83. The highest BCUT2D eigenvalue weighted by Crippen LogP contribution is 2.27. The summed E-state index contributed by atoms with van der Waals surface area (Å²) in [6.45, 7) is 7.32. The number of aromatic carboxylic acids is 2. The van der Waals surface area contributed by atoms with Gasteiger partial charge < -0.3 is 19.7 Å². The standard InChI is InChI=1S/C26H32N2O7/c1-4-5-6-7-8-9-23(35-26(33)17(2)3)34-22-12-10-20(11-13-22)28(27)21-15-18(24(29)30)14-19(16-21)25(31)32/h10-16,23H,2,4-9,27H2,1,3H3,(H,29,30)(H,31,32). The molecule has 0 saturated carbocycles. The Morgan fingerprint density at radius 3 is 2.03 bits per heavy atom. The predicted molar refractivity (Wildman–Crippen MR) is 132 cm³/mol. The monoisotopic (exact) mass is 484 g/mol. The molecule has 2 aromatic carbocycles. The van der Waals surface area contributed by atoms with Crippen LogP contribution in [0.15, 0.2) is 54.6 Å². The number of ether oxygens (including phenoxy) is 2. The maximum absolute atomic E-state index is 12.0. The number of rotatable bonds is 14. The fraction of sp³-hybridized carbons (Fsp3) is 0.346. The Bertz CT molecular complexity index is 1020. The van der Waals surface area contributed by atoms with Crippen LogP contribution < -0.4 is 15.6 Å². The molecule has 0 fully saturated rings. The van der Waals surface area contributed by atoms with E-state index in [2.05, 4.69) is 13.5 Å². The molecule has 9 nitrogen and oxygen atoms in total. The van der Waals surface area contributed by atoms with E-state index < -0.39 is 24.2 Å². The van der Waals surface area contributed by atoms with E-state index in [0.29, 0.717) is 17.9 Å². The van der Waals surface area contributed by atoms with Gasteiger partial charge in [-0.25, -0.2) is 20.2 Å². The summed E-state index contributed by atoms with van der Waals surface area (Å²) in [5, 5.41) is 19.7. The quantitative estimate of drug-likeness (QED) is 0.0816. The third-order valence-electron chi connectivity index (χ3n) is 5.20. The third-order valence-corrected chi connectivity index (χ3v) is 5.20. The first-order valence-electron chi connectivity index (χ1n) is 11.4. The number of esters is 1. The number of nitrogens with two attached hydrogens (primary N) is 1. The highest BCUT2D eigenvalue weighted by molar-refractivity contribution is 5.96. The second kappa shape index (κ2) is 13.1. The molecule has 0 amide bonds. The summed E-state index contributed by atoms with van der Waals surface area (Å²) in [6, 6.07) is 10.1. The Hall–Kier alpha value is -3.85. The van der Waals surface area contributed by atoms with Crippen molar-refractivity contribution >= 4 is 29.3 Å². The lowest BCUT2D eigenvalue weighted by Crippen LogP contribution is -2.26. The topological polar surface area (TPSA) is 139 Å². The van der Waals surface area contributed by atoms with E-state index in [1.807, 2.05) is 0 Å². The van der Waals surface area contributed by atoms with Crippen LogP contribution in [0, 0.1) is 0 Å². The number of hydrogen-bond acceptors (Lipinski definition) is 7. The number of anilines is 2. The minimum atomic E-state index is -1.27. The van der Waals surface area contributed by atoms with E-state index in [4.69, 9.17) is 15.3 Å². The number of unbranched alkanes of at least 4 members (excludes halogenated alkanes) is 4. The molecule has 4 N–H and O–H groups in total. The first kappa shape index (κ1) is 27.4. The molecule has 0 saturated heterocycles. The molecule has 0 spiro atoms. The van der Waals surface area contributed by atoms with Gasteiger partial charge in [-0.05, 0) is 55.8 Å². The van der Waals surface area contributed by atoms with E-state index >= 15 is 0 Å². The molecule has 0 bridgehead atoms. The maximum atomic E-state index is 12.0. The van der Waals surface area contributed by atoms with Crippen molar-refractivity contribution in [2.24, 2.45) is 5.84 Å². The summed E-state index contributed by atoms with van der Waals surface area (Å²) in [6.07, 6.45) is 5.00. The number of hydrogen-bond donors (Lipinski definition) is 3. The SMILES string of the molecule is C=C(C)C(=O)OC(CCCCCCC)Oc1ccc(N(N)c2cc(C(=O)O)cc(C(=O)O)c2)cc1. The normalized spacial score (nSPS) is 11.4. The lowest BCUT2D eigenvalue weighted by Gasteiger charge is -2.22. The van der Waals surface area contributed by atoms with Crippen molar-refractivity contribution in [2.75, 3.05) is 5.01 Å². The van der Waals surface area contributed by atoms with Gasteiger partial charge in [0, 0.05) is 12.0 Å². The van der Waals surface area contributed by atoms with E-state index in [-0.39, 0.29) is 22.4 Å². The van der Waals surface area contributed by atoms with Gasteiger partial charge in [0.25, 0.3) is 0 Å². The number of nitrogens with zero attached hydrogens (tertiary/aromatic N) is 1. The van der Waals surface area contributed by atoms with E-state index in [0.717, 1.165) is 38.2 Å². The highest BCUT2D eigenvalue weighted by atomic mass is 16.7. The molecule has 0 aromatic heterocycles. The fourth-order valence-corrected chi connectivity index (χ4v) is 3.26. The van der Waals surface area contributed by atoms with Crippen LogP contribution in [0.5, 0.6) is 5.75 Å². The number of carbonyl (C=O) groups excluding carboxylic acids is 1. The second-order valence-corrected chi connectivity index (χ2v) is 8.18. The van der Waals surface area contributed by atoms with Crippen molar-refractivity contribution in [3.05, 3.63) is 65.7 Å². The van der Waals surface area contributed by atoms with Crippen molar-refractivity contribution in [3.63, 3.8) is 0 Å². The Balaban J connectivity index is 2.15. The third kappa shape index (κ3) is 8.46. The van der Waals surface area contributed by atoms with Crippen LogP contribution in [-0.2, 0) is 9.53 Å². The molecule has 0 aliphatic carbocycles. The molecular weight excluding hydrogens is 452 g/mol. The van der Waals surface area contributed by atoms with Gasteiger partial charge in [0.15, 0.2) is 0 Å². The summed E-state index contributed by atoms with van der Waals surface area (Å²) in [5.41, 5.74) is 0.540. The number of carboxylic acid groups (broad SMARTS) is 2. The lowest BCUT2D eigenvalue weighted by atomic mass is 10.1. The molecule has 2 rings (SSSR count). The van der Waals surface area contributed by atoms with E-state index in [1.165, 1.54) is 17.1 Å². The van der Waals surface area contributed by atoms with Gasteiger partial charge in [-0.1, -0.05) is 39.2 Å². The Morgan fingerprint density at radius 2 is 1.51 bits per heavy atom. The Kier molecular flexibility index (Phi) is 10.3. The minimum absolute atomic E-state index is 0.191. The summed E-state index contributed by atoms with van der Waals surface area (Å²) < 4.78 is 11.3. The van der Waals surface area contributed by atoms with Gasteiger partial charge in [0.1, 0.15) is 5.75 Å². The van der Waals surface area contributed by atoms with Gasteiger partial charge in [-0.2, -0.15) is 0 Å². The number of hydrazine groups is 1. The van der Waals surface area contributed by atoms with Crippen molar-refractivity contribution in [1.82, 2.24) is 0 Å².